The molecule has 6 amide bonds. The molecule has 9 heterocycles. The number of halogens is 5. The van der Waals surface area contributed by atoms with E-state index in [1.807, 2.05) is 62.5 Å². The Hall–Kier alpha value is -8.18. The Labute approximate surface area is 539 Å². The second-order valence-corrected chi connectivity index (χ2v) is 28.8. The molecular weight excluding hydrogens is 1220 g/mol. The molecule has 10 aliphatic rings. The van der Waals surface area contributed by atoms with Crippen molar-refractivity contribution < 1.29 is 50.7 Å². The summed E-state index contributed by atoms with van der Waals surface area (Å²) in [7, 11) is 0. The van der Waals surface area contributed by atoms with Gasteiger partial charge in [-0.1, -0.05) is 18.2 Å². The quantitative estimate of drug-likeness (QED) is 0.0964. The first-order chi connectivity index (χ1) is 45.1. The Kier molecular flexibility index (Phi) is 16.7. The zero-order valence-corrected chi connectivity index (χ0v) is 52.6. The molecule has 7 saturated carbocycles. The summed E-state index contributed by atoms with van der Waals surface area (Å²) in [6, 6.07) is 19.8. The third-order valence-electron chi connectivity index (χ3n) is 22.2. The fourth-order valence-electron chi connectivity index (χ4n) is 16.0. The van der Waals surface area contributed by atoms with Crippen molar-refractivity contribution in [3.8, 4) is 6.07 Å². The molecule has 3 spiro atoms. The van der Waals surface area contributed by atoms with Gasteiger partial charge < -0.3 is 14.7 Å². The first-order valence-electron chi connectivity index (χ1n) is 33.8. The van der Waals surface area contributed by atoms with E-state index in [0.717, 1.165) is 176 Å². The number of carbonyl (C=O) groups excluding carboxylic acids is 6. The number of carbonyl (C=O) groups is 6. The van der Waals surface area contributed by atoms with Crippen molar-refractivity contribution in [2.24, 2.45) is 39.9 Å². The maximum atomic E-state index is 13.3. The van der Waals surface area contributed by atoms with Gasteiger partial charge in [0.15, 0.2) is 16.9 Å². The van der Waals surface area contributed by atoms with Gasteiger partial charge in [0.05, 0.1) is 6.07 Å². The molecule has 3 N–H and O–H groups in total. The van der Waals surface area contributed by atoms with E-state index in [-0.39, 0.29) is 82.3 Å². The van der Waals surface area contributed by atoms with E-state index in [2.05, 4.69) is 58.3 Å². The van der Waals surface area contributed by atoms with Crippen molar-refractivity contribution in [3.05, 3.63) is 71.7 Å². The number of alkyl halides is 5. The Bertz CT molecular complexity index is 3950. The van der Waals surface area contributed by atoms with E-state index in [0.29, 0.717) is 61.5 Å². The van der Waals surface area contributed by atoms with E-state index >= 15 is 0 Å². The van der Waals surface area contributed by atoms with Gasteiger partial charge in [-0.25, -0.2) is 22.3 Å². The van der Waals surface area contributed by atoms with Crippen molar-refractivity contribution in [2.75, 3.05) is 55.2 Å². The number of rotatable bonds is 12. The number of hydrogen-bond acceptors (Lipinski definition) is 13. The minimum Gasteiger partial charge on any atom is -0.342 e. The van der Waals surface area contributed by atoms with Crippen LogP contribution in [0.25, 0.3) is 16.9 Å². The van der Waals surface area contributed by atoms with Gasteiger partial charge in [-0.15, -0.1) is 15.3 Å². The molecule has 27 heteroatoms. The lowest BCUT2D eigenvalue weighted by Crippen LogP contribution is -2.43. The van der Waals surface area contributed by atoms with Gasteiger partial charge in [-0.3, -0.25) is 44.7 Å². The van der Waals surface area contributed by atoms with Crippen LogP contribution in [0.5, 0.6) is 0 Å². The van der Waals surface area contributed by atoms with E-state index in [1.54, 1.807) is 9.42 Å². The van der Waals surface area contributed by atoms with Gasteiger partial charge >= 0.3 is 6.18 Å². The molecule has 6 aromatic rings. The predicted molar refractivity (Wildman–Crippen MR) is 331 cm³/mol. The van der Waals surface area contributed by atoms with Gasteiger partial charge in [0.25, 0.3) is 5.92 Å². The van der Waals surface area contributed by atoms with Crippen LogP contribution in [0.15, 0.2) is 54.6 Å². The Balaban J connectivity index is 0.000000122. The summed E-state index contributed by atoms with van der Waals surface area (Å²) in [5.74, 6) is -2.83. The smallest absolute Gasteiger partial charge is 0.342 e. The van der Waals surface area contributed by atoms with E-state index < -0.39 is 30.3 Å². The summed E-state index contributed by atoms with van der Waals surface area (Å²) in [5.41, 5.74) is 5.68. The summed E-state index contributed by atoms with van der Waals surface area (Å²) in [4.78, 5) is 90.9. The number of pyridine rings is 3. The molecule has 498 valence electrons. The average Bonchev–Trinajstić information content (AvgIpc) is 1.53. The second-order valence-electron chi connectivity index (χ2n) is 28.8. The monoisotopic (exact) mass is 1300 g/mol. The maximum Gasteiger partial charge on any atom is 0.397 e. The number of nitrogens with one attached hydrogen (secondary N) is 3. The predicted octanol–water partition coefficient (Wildman–Crippen LogP) is 10.4. The van der Waals surface area contributed by atoms with Crippen LogP contribution in [0, 0.1) is 51.2 Å². The van der Waals surface area contributed by atoms with Gasteiger partial charge in [0.2, 0.25) is 53.3 Å². The zero-order valence-electron chi connectivity index (χ0n) is 52.6. The van der Waals surface area contributed by atoms with Crippen LogP contribution in [0.3, 0.4) is 0 Å². The van der Waals surface area contributed by atoms with Crippen LogP contribution in [-0.4, -0.2) is 145 Å². The zero-order chi connectivity index (χ0) is 65.3. The molecule has 0 bridgehead atoms. The molecule has 16 rings (SSSR count). The molecule has 7 aliphatic carbocycles. The molecular formula is C67H79F5N16O6. The summed E-state index contributed by atoms with van der Waals surface area (Å²) in [5, 5.41) is 30.9. The highest BCUT2D eigenvalue weighted by molar-refractivity contribution is 5.94. The molecule has 3 saturated heterocycles. The Morgan fingerprint density at radius 2 is 0.851 bits per heavy atom. The van der Waals surface area contributed by atoms with Gasteiger partial charge in [0.1, 0.15) is 18.8 Å². The molecule has 10 fully saturated rings. The highest BCUT2D eigenvalue weighted by atomic mass is 19.4. The number of fused-ring (bicyclic) bond motifs is 3. The first kappa shape index (κ1) is 63.2. The summed E-state index contributed by atoms with van der Waals surface area (Å²) >= 11 is 0. The highest BCUT2D eigenvalue weighted by Crippen LogP contribution is 2.55. The summed E-state index contributed by atoms with van der Waals surface area (Å²) < 4.78 is 69.9. The number of anilines is 3. The standard InChI is InChI=1S/C23H27F2N5O2.C22H26F3N5O2.C22H26N6O2/c24-23(25)13-16(23)20(32)29-10-8-22(9-11-29)7-6-15(12-22)17-2-1-3-18-26-21(28-30(17)18)27-19(31)14-4-5-14;23-22(24,25)12-18(31)29-11-10-21(13-29)8-6-14(7-9-21)16-2-1-3-17-26-20(28-30(16)17)27-19(32)15-4-5-15;23-12-8-19(29)27-13-11-22(14-27)9-6-15(7-10-22)17-2-1-3-18-24-21(26-28(17)18)25-20(30)16-4-5-16/h1-3,14-16H,4-13H2,(H,27,28,31);1-3,14-15H,4-13H2,(H,27,28,32);1-3,15-16H,4-11,13-14H2,(H,25,26,30)/t15-,16-;;/m0../s1. The Morgan fingerprint density at radius 1 is 0.489 bits per heavy atom. The van der Waals surface area contributed by atoms with E-state index in [1.165, 1.54) is 4.90 Å². The molecule has 3 aliphatic heterocycles. The number of piperidine rings is 1. The largest absolute Gasteiger partial charge is 0.397 e. The van der Waals surface area contributed by atoms with Crippen LogP contribution in [0.2, 0.25) is 0 Å². The molecule has 22 nitrogen and oxygen atoms in total. The van der Waals surface area contributed by atoms with Crippen LogP contribution in [0.4, 0.5) is 39.8 Å². The molecule has 2 atom stereocenters. The lowest BCUT2D eigenvalue weighted by Gasteiger charge is -2.39. The number of amides is 6. The molecule has 6 aromatic heterocycles. The lowest BCUT2D eigenvalue weighted by molar-refractivity contribution is -0.161. The van der Waals surface area contributed by atoms with Crippen LogP contribution < -0.4 is 16.0 Å². The van der Waals surface area contributed by atoms with E-state index in [4.69, 9.17) is 5.26 Å². The molecule has 0 aromatic carbocycles. The van der Waals surface area contributed by atoms with Crippen LogP contribution >= 0.6 is 0 Å². The first-order valence-corrected chi connectivity index (χ1v) is 33.8. The minimum atomic E-state index is -4.46. The molecule has 94 heavy (non-hydrogen) atoms. The maximum absolute atomic E-state index is 13.3. The van der Waals surface area contributed by atoms with Gasteiger partial charge in [-0.2, -0.15) is 33.4 Å². The highest BCUT2D eigenvalue weighted by Gasteiger charge is 2.62. The lowest BCUT2D eigenvalue weighted by atomic mass is 9.69. The molecule has 0 unspecified atom stereocenters. The van der Waals surface area contributed by atoms with Gasteiger partial charge in [0, 0.05) is 98.3 Å². The average molecular weight is 1300 g/mol. The number of likely N-dealkylation sites (tertiary alicyclic amines) is 3. The normalized spacial score (nSPS) is 26.8. The summed E-state index contributed by atoms with van der Waals surface area (Å²) in [6.45, 7) is 3.52. The number of aromatic nitrogens is 9. The van der Waals surface area contributed by atoms with Crippen molar-refractivity contribution in [2.45, 2.75) is 184 Å². The number of nitrogens with zero attached hydrogens (tertiary/aromatic N) is 13. The number of hydrogen-bond donors (Lipinski definition) is 3. The van der Waals surface area contributed by atoms with Crippen molar-refractivity contribution in [1.29, 1.82) is 5.26 Å². The van der Waals surface area contributed by atoms with Crippen molar-refractivity contribution in [1.82, 2.24) is 58.5 Å². The van der Waals surface area contributed by atoms with Crippen LogP contribution in [0.1, 0.15) is 189 Å². The fraction of sp³-hybridized carbons (Fsp3) is 0.627. The minimum absolute atomic E-state index is 0.00691. The third-order valence-corrected chi connectivity index (χ3v) is 22.2. The Morgan fingerprint density at radius 3 is 1.23 bits per heavy atom. The number of nitriles is 1. The topological polar surface area (TPSA) is 263 Å². The third kappa shape index (κ3) is 13.7. The van der Waals surface area contributed by atoms with Crippen molar-refractivity contribution in [3.63, 3.8) is 0 Å². The summed E-state index contributed by atoms with van der Waals surface area (Å²) in [6.07, 6.45) is 13.8. The van der Waals surface area contributed by atoms with Gasteiger partial charge in [-0.05, 0) is 187 Å². The second kappa shape index (κ2) is 24.9. The van der Waals surface area contributed by atoms with Crippen LogP contribution in [-0.2, 0) is 28.8 Å². The SMILES string of the molecule is N#CCC(=O)N1CCC2(CCC(c3cccc4nc(NC(=O)C5CC5)nn34)CC2)C1.O=C(Nc1nc2cccc(C3CCC4(CC3)CCN(C(=O)CC(F)(F)F)C4)n2n1)C1CC1.O=C(Nc1nc2cccc([C@H]3CCC4(CCN(C(=O)[C@@H]5CC5(F)F)CC4)C3)n2n1)C1CC1. The van der Waals surface area contributed by atoms with E-state index in [9.17, 15) is 50.7 Å². The fourth-order valence-corrected chi connectivity index (χ4v) is 16.0. The molecule has 0 radical (unpaired) electrons. The van der Waals surface area contributed by atoms with Crippen molar-refractivity contribution >= 4 is 70.2 Å².